The van der Waals surface area contributed by atoms with Crippen LogP contribution in [-0.4, -0.2) is 49.9 Å². The van der Waals surface area contributed by atoms with E-state index in [9.17, 15) is 14.7 Å². The number of halogens is 1. The van der Waals surface area contributed by atoms with Crippen LogP contribution in [0.15, 0.2) is 48.8 Å². The lowest BCUT2D eigenvalue weighted by molar-refractivity contribution is 0.101. The molecule has 0 spiro atoms. The van der Waals surface area contributed by atoms with Crippen LogP contribution < -0.4 is 5.32 Å². The quantitative estimate of drug-likeness (QED) is 0.529. The summed E-state index contributed by atoms with van der Waals surface area (Å²) in [7, 11) is 0. The first-order valence-electron chi connectivity index (χ1n) is 11.4. The van der Waals surface area contributed by atoms with Crippen molar-refractivity contribution in [2.45, 2.75) is 25.8 Å². The van der Waals surface area contributed by atoms with Crippen molar-refractivity contribution in [3.05, 3.63) is 76.2 Å². The highest BCUT2D eigenvalue weighted by Gasteiger charge is 2.44. The average molecular weight is 490 g/mol. The minimum atomic E-state index is -0.877. The van der Waals surface area contributed by atoms with Crippen molar-refractivity contribution in [1.82, 2.24) is 19.7 Å². The number of fused-ring (bicyclic) bond motifs is 1. The highest BCUT2D eigenvalue weighted by molar-refractivity contribution is 6.34. The molecule has 1 aromatic carbocycles. The number of aromatic nitrogens is 3. The number of carboxylic acid groups (broad SMARTS) is 1. The summed E-state index contributed by atoms with van der Waals surface area (Å²) in [5, 5.41) is 16.8. The molecule has 9 heteroatoms. The Labute approximate surface area is 207 Å². The first-order valence-corrected chi connectivity index (χ1v) is 11.8. The van der Waals surface area contributed by atoms with Crippen molar-refractivity contribution in [1.29, 1.82) is 0 Å². The van der Waals surface area contributed by atoms with Crippen LogP contribution >= 0.6 is 11.6 Å². The molecule has 8 nitrogen and oxygen atoms in total. The van der Waals surface area contributed by atoms with Gasteiger partial charge < -0.3 is 15.3 Å². The Balaban J connectivity index is 1.30. The number of pyridine rings is 1. The molecule has 2 aromatic heterocycles. The van der Waals surface area contributed by atoms with E-state index < -0.39 is 6.09 Å². The number of hydrogen-bond acceptors (Lipinski definition) is 4. The summed E-state index contributed by atoms with van der Waals surface area (Å²) < 4.78 is 1.69. The van der Waals surface area contributed by atoms with Gasteiger partial charge in [0.05, 0.1) is 17.3 Å². The Morgan fingerprint density at radius 3 is 2.43 bits per heavy atom. The predicted molar refractivity (Wildman–Crippen MR) is 131 cm³/mol. The van der Waals surface area contributed by atoms with Gasteiger partial charge in [0.25, 0.3) is 5.91 Å². The van der Waals surface area contributed by atoms with Crippen molar-refractivity contribution < 1.29 is 14.7 Å². The summed E-state index contributed by atoms with van der Waals surface area (Å²) in [6, 6.07) is 11.6. The predicted octanol–water partition coefficient (Wildman–Crippen LogP) is 4.45. The molecule has 1 aliphatic carbocycles. The molecule has 1 unspecified atom stereocenters. The number of rotatable bonds is 3. The lowest BCUT2D eigenvalue weighted by Crippen LogP contribution is -2.28. The van der Waals surface area contributed by atoms with Crippen molar-refractivity contribution in [2.24, 2.45) is 11.8 Å². The molecule has 2 N–H and O–H groups in total. The second-order valence-corrected chi connectivity index (χ2v) is 9.49. The molecular weight excluding hydrogens is 466 g/mol. The summed E-state index contributed by atoms with van der Waals surface area (Å²) in [5.41, 5.74) is 2.74. The van der Waals surface area contributed by atoms with Gasteiger partial charge in [0.2, 0.25) is 0 Å². The zero-order chi connectivity index (χ0) is 24.5. The molecule has 0 bridgehead atoms. The first kappa shape index (κ1) is 22.9. The second kappa shape index (κ2) is 9.43. The van der Waals surface area contributed by atoms with Crippen molar-refractivity contribution in [3.63, 3.8) is 0 Å². The Kier molecular flexibility index (Phi) is 6.18. The maximum absolute atomic E-state index is 13.2. The SMILES string of the molecule is Cc1cc(C#Cc2ccccc2)cnc1NC(=O)c1c(Cl)cnn1C1C[C@@H]2CN(C(=O)O)C[C@@H]2C1. The maximum atomic E-state index is 13.2. The van der Waals surface area contributed by atoms with Gasteiger partial charge in [0.1, 0.15) is 11.5 Å². The van der Waals surface area contributed by atoms with Crippen LogP contribution in [0.5, 0.6) is 0 Å². The molecule has 178 valence electrons. The van der Waals surface area contributed by atoms with E-state index in [0.717, 1.165) is 29.5 Å². The maximum Gasteiger partial charge on any atom is 0.407 e. The summed E-state index contributed by atoms with van der Waals surface area (Å²) in [6.07, 6.45) is 3.76. The van der Waals surface area contributed by atoms with Gasteiger partial charge in [-0.1, -0.05) is 41.6 Å². The van der Waals surface area contributed by atoms with Gasteiger partial charge in [-0.05, 0) is 55.4 Å². The van der Waals surface area contributed by atoms with Crippen LogP contribution in [0, 0.1) is 30.6 Å². The second-order valence-electron chi connectivity index (χ2n) is 9.08. The Bertz CT molecular complexity index is 1330. The molecule has 2 amide bonds. The number of amides is 2. The van der Waals surface area contributed by atoms with Crippen LogP contribution in [0.1, 0.15) is 46.1 Å². The van der Waals surface area contributed by atoms with Crippen LogP contribution in [0.2, 0.25) is 5.02 Å². The van der Waals surface area contributed by atoms with E-state index >= 15 is 0 Å². The van der Waals surface area contributed by atoms with Crippen LogP contribution in [-0.2, 0) is 0 Å². The fourth-order valence-electron chi connectivity index (χ4n) is 5.06. The molecule has 0 radical (unpaired) electrons. The largest absolute Gasteiger partial charge is 0.465 e. The van der Waals surface area contributed by atoms with Crippen molar-refractivity contribution in [2.75, 3.05) is 18.4 Å². The monoisotopic (exact) mass is 489 g/mol. The fourth-order valence-corrected chi connectivity index (χ4v) is 5.28. The van der Waals surface area contributed by atoms with Gasteiger partial charge in [-0.25, -0.2) is 9.78 Å². The molecular formula is C26H24ClN5O3. The molecule has 5 rings (SSSR count). The average Bonchev–Trinajstić information content (AvgIpc) is 3.53. The minimum Gasteiger partial charge on any atom is -0.465 e. The highest BCUT2D eigenvalue weighted by Crippen LogP contribution is 2.44. The lowest BCUT2D eigenvalue weighted by Gasteiger charge is -2.18. The molecule has 3 heterocycles. The molecule has 1 saturated heterocycles. The van der Waals surface area contributed by atoms with Crippen LogP contribution in [0.3, 0.4) is 0 Å². The minimum absolute atomic E-state index is 0.00103. The molecule has 2 fully saturated rings. The molecule has 35 heavy (non-hydrogen) atoms. The van der Waals surface area contributed by atoms with Crippen LogP contribution in [0.4, 0.5) is 10.6 Å². The van der Waals surface area contributed by atoms with Gasteiger partial charge in [0, 0.05) is 30.4 Å². The third-order valence-electron chi connectivity index (χ3n) is 6.74. The number of benzene rings is 1. The topological polar surface area (TPSA) is 100 Å². The number of nitrogens with zero attached hydrogens (tertiary/aromatic N) is 4. The molecule has 1 aliphatic heterocycles. The van der Waals surface area contributed by atoms with Crippen molar-refractivity contribution in [3.8, 4) is 11.8 Å². The molecule has 3 aromatic rings. The first-order chi connectivity index (χ1) is 16.9. The number of carbonyl (C=O) groups excluding carboxylic acids is 1. The number of carbonyl (C=O) groups is 2. The Hall–Kier alpha value is -3.83. The van der Waals surface area contributed by atoms with Crippen LogP contribution in [0.25, 0.3) is 0 Å². The van der Waals surface area contributed by atoms with Gasteiger partial charge in [-0.3, -0.25) is 9.48 Å². The number of anilines is 1. The molecule has 3 atom stereocenters. The lowest BCUT2D eigenvalue weighted by atomic mass is 10.0. The number of nitrogens with one attached hydrogen (secondary N) is 1. The Morgan fingerprint density at radius 2 is 1.77 bits per heavy atom. The van der Waals surface area contributed by atoms with E-state index in [1.165, 1.54) is 11.1 Å². The van der Waals surface area contributed by atoms with Gasteiger partial charge >= 0.3 is 6.09 Å². The normalized spacial score (nSPS) is 20.7. The van der Waals surface area contributed by atoms with Gasteiger partial charge in [-0.2, -0.15) is 5.10 Å². The Morgan fingerprint density at radius 1 is 1.09 bits per heavy atom. The third-order valence-corrected chi connectivity index (χ3v) is 7.02. The summed E-state index contributed by atoms with van der Waals surface area (Å²) in [4.78, 5) is 30.3. The number of hydrogen-bond donors (Lipinski definition) is 2. The smallest absolute Gasteiger partial charge is 0.407 e. The van der Waals surface area contributed by atoms with E-state index in [2.05, 4.69) is 27.2 Å². The zero-order valence-corrected chi connectivity index (χ0v) is 19.9. The molecule has 2 aliphatic rings. The highest BCUT2D eigenvalue weighted by atomic mass is 35.5. The van der Waals surface area contributed by atoms with E-state index in [4.69, 9.17) is 11.6 Å². The number of likely N-dealkylation sites (tertiary alicyclic amines) is 1. The van der Waals surface area contributed by atoms with E-state index in [1.54, 1.807) is 10.9 Å². The molecule has 1 saturated carbocycles. The summed E-state index contributed by atoms with van der Waals surface area (Å²) >= 11 is 6.37. The van der Waals surface area contributed by atoms with E-state index in [1.807, 2.05) is 43.3 Å². The summed E-state index contributed by atoms with van der Waals surface area (Å²) in [6.45, 7) is 2.91. The van der Waals surface area contributed by atoms with E-state index in [-0.39, 0.29) is 28.8 Å². The zero-order valence-electron chi connectivity index (χ0n) is 19.1. The third kappa shape index (κ3) is 4.73. The summed E-state index contributed by atoms with van der Waals surface area (Å²) in [5.74, 6) is 6.78. The van der Waals surface area contributed by atoms with Crippen molar-refractivity contribution >= 4 is 29.4 Å². The van der Waals surface area contributed by atoms with E-state index in [0.29, 0.717) is 24.6 Å². The van der Waals surface area contributed by atoms with Gasteiger partial charge in [-0.15, -0.1) is 0 Å². The number of aryl methyl sites for hydroxylation is 1. The fraction of sp³-hybridized carbons (Fsp3) is 0.308. The van der Waals surface area contributed by atoms with Gasteiger partial charge in [0.15, 0.2) is 0 Å². The standard InChI is InChI=1S/C26H24ClN5O3/c1-16-9-18(8-7-17-5-3-2-4-6-17)12-28-24(16)30-25(33)23-22(27)13-29-32(23)21-10-19-14-31(26(34)35)15-20(19)11-21/h2-6,9,12-13,19-21H,10-11,14-15H2,1H3,(H,34,35)(H,28,30,33)/t19-,20+,21?.